The van der Waals surface area contributed by atoms with E-state index < -0.39 is 6.03 Å². The van der Waals surface area contributed by atoms with E-state index in [1.807, 2.05) is 24.1 Å². The molecule has 0 aromatic heterocycles. The number of rotatable bonds is 7. The van der Waals surface area contributed by atoms with Crippen LogP contribution in [0.5, 0.6) is 0 Å². The van der Waals surface area contributed by atoms with Gasteiger partial charge in [0.25, 0.3) is 0 Å². The van der Waals surface area contributed by atoms with E-state index in [1.165, 1.54) is 7.11 Å². The number of nitrogens with zero attached hydrogens (tertiary/aromatic N) is 2. The lowest BCUT2D eigenvalue weighted by Gasteiger charge is -2.19. The monoisotopic (exact) mass is 343 g/mol. The molecule has 0 saturated heterocycles. The minimum absolute atomic E-state index is 0. The Morgan fingerprint density at radius 3 is 2.39 bits per heavy atom. The molecule has 0 unspecified atom stereocenters. The number of hydrogen-bond acceptors (Lipinski definition) is 6. The maximum atomic E-state index is 11.4. The molecule has 0 atom stereocenters. The van der Waals surface area contributed by atoms with Crippen molar-refractivity contribution in [3.63, 3.8) is 0 Å². The van der Waals surface area contributed by atoms with Crippen molar-refractivity contribution in [1.82, 2.24) is 5.43 Å². The Balaban J connectivity index is 0.00000484. The van der Waals surface area contributed by atoms with Crippen molar-refractivity contribution < 1.29 is 14.3 Å². The summed E-state index contributed by atoms with van der Waals surface area (Å²) in [6.45, 7) is 0.878. The van der Waals surface area contributed by atoms with Gasteiger partial charge < -0.3 is 21.1 Å². The van der Waals surface area contributed by atoms with Gasteiger partial charge in [0.15, 0.2) is 0 Å². The molecular weight excluding hydrogens is 322 g/mol. The Hall–Kier alpha value is -2.32. The Kier molecular flexibility index (Phi) is 9.36. The molecule has 23 heavy (non-hydrogen) atoms. The molecule has 128 valence electrons. The van der Waals surface area contributed by atoms with Gasteiger partial charge in [-0.15, -0.1) is 12.4 Å². The summed E-state index contributed by atoms with van der Waals surface area (Å²) in [4.78, 5) is 24.0. The van der Waals surface area contributed by atoms with Gasteiger partial charge >= 0.3 is 12.0 Å². The predicted molar refractivity (Wildman–Crippen MR) is 92.1 cm³/mol. The van der Waals surface area contributed by atoms with Gasteiger partial charge in [-0.05, 0) is 24.3 Å². The minimum Gasteiger partial charge on any atom is -0.465 e. The molecule has 9 heteroatoms. The first kappa shape index (κ1) is 20.7. The third kappa shape index (κ3) is 6.98. The third-order valence-electron chi connectivity index (χ3n) is 3.02. The normalized spacial score (nSPS) is 10.5. The zero-order chi connectivity index (χ0) is 16.5. The van der Waals surface area contributed by atoms with Crippen LogP contribution in [0.15, 0.2) is 29.4 Å². The number of amides is 2. The number of halogens is 1. The van der Waals surface area contributed by atoms with E-state index in [0.29, 0.717) is 24.2 Å². The predicted octanol–water partition coefficient (Wildman–Crippen LogP) is 0.704. The van der Waals surface area contributed by atoms with Crippen LogP contribution in [0.3, 0.4) is 0 Å². The highest BCUT2D eigenvalue weighted by atomic mass is 35.5. The molecule has 0 radical (unpaired) electrons. The molecule has 1 rings (SSSR count). The summed E-state index contributed by atoms with van der Waals surface area (Å²) < 4.78 is 4.65. The van der Waals surface area contributed by atoms with Crippen LogP contribution in [0.1, 0.15) is 16.8 Å². The van der Waals surface area contributed by atoms with E-state index in [2.05, 4.69) is 15.3 Å². The number of methoxy groups -OCH3 is 1. The van der Waals surface area contributed by atoms with Gasteiger partial charge in [0, 0.05) is 32.2 Å². The van der Waals surface area contributed by atoms with Gasteiger partial charge in [0.1, 0.15) is 0 Å². The number of hydrazone groups is 1. The van der Waals surface area contributed by atoms with Crippen LogP contribution in [0.4, 0.5) is 10.5 Å². The first-order chi connectivity index (χ1) is 10.5. The lowest BCUT2D eigenvalue weighted by molar-refractivity contribution is 0.0600. The SMILES string of the molecule is COC(=O)c1ccc(N(C)CC/C(CN)=N/NC(N)=O)cc1.Cl. The number of anilines is 1. The van der Waals surface area contributed by atoms with Gasteiger partial charge in [0.2, 0.25) is 0 Å². The highest BCUT2D eigenvalue weighted by Gasteiger charge is 2.07. The quantitative estimate of drug-likeness (QED) is 0.382. The minimum atomic E-state index is -0.724. The van der Waals surface area contributed by atoms with Crippen LogP contribution < -0.4 is 21.8 Å². The number of urea groups is 1. The molecule has 0 aliphatic carbocycles. The average molecular weight is 344 g/mol. The fourth-order valence-electron chi connectivity index (χ4n) is 1.73. The van der Waals surface area contributed by atoms with Crippen LogP contribution in [-0.2, 0) is 4.74 Å². The van der Waals surface area contributed by atoms with E-state index in [-0.39, 0.29) is 24.9 Å². The van der Waals surface area contributed by atoms with Crippen molar-refractivity contribution in [2.24, 2.45) is 16.6 Å². The zero-order valence-corrected chi connectivity index (χ0v) is 13.9. The Labute approximate surface area is 141 Å². The molecule has 1 aromatic carbocycles. The molecule has 0 bridgehead atoms. The molecule has 1 aromatic rings. The number of esters is 1. The number of nitrogens with two attached hydrogens (primary N) is 2. The fourth-order valence-corrected chi connectivity index (χ4v) is 1.73. The van der Waals surface area contributed by atoms with Gasteiger partial charge in [-0.3, -0.25) is 0 Å². The molecule has 2 amide bonds. The molecule has 0 fully saturated rings. The highest BCUT2D eigenvalue weighted by Crippen LogP contribution is 2.14. The molecule has 0 heterocycles. The molecule has 8 nitrogen and oxygen atoms in total. The molecular formula is C14H22ClN5O3. The first-order valence-corrected chi connectivity index (χ1v) is 6.68. The topological polar surface area (TPSA) is 123 Å². The number of carbonyl (C=O) groups is 2. The average Bonchev–Trinajstić information content (AvgIpc) is 2.53. The van der Waals surface area contributed by atoms with Crippen molar-refractivity contribution in [3.05, 3.63) is 29.8 Å². The van der Waals surface area contributed by atoms with E-state index in [0.717, 1.165) is 5.69 Å². The lowest BCUT2D eigenvalue weighted by atomic mass is 10.2. The summed E-state index contributed by atoms with van der Waals surface area (Å²) >= 11 is 0. The molecule has 0 aliphatic heterocycles. The van der Waals surface area contributed by atoms with Crippen molar-refractivity contribution in [3.8, 4) is 0 Å². The van der Waals surface area contributed by atoms with Crippen LogP contribution in [0.2, 0.25) is 0 Å². The second kappa shape index (κ2) is 10.4. The highest BCUT2D eigenvalue weighted by molar-refractivity contribution is 5.90. The standard InChI is InChI=1S/C14H21N5O3.ClH/c1-19(8-7-11(9-15)17-18-14(16)21)12-5-3-10(4-6-12)13(20)22-2;/h3-6H,7-9,15H2,1-2H3,(H3,16,18,21);1H/b17-11-;. The number of benzene rings is 1. The van der Waals surface area contributed by atoms with Crippen molar-refractivity contribution >= 4 is 35.8 Å². The summed E-state index contributed by atoms with van der Waals surface area (Å²) in [5, 5.41) is 3.83. The van der Waals surface area contributed by atoms with Crippen LogP contribution in [0, 0.1) is 0 Å². The summed E-state index contributed by atoms with van der Waals surface area (Å²) in [6.07, 6.45) is 0.575. The number of hydrogen-bond donors (Lipinski definition) is 3. The van der Waals surface area contributed by atoms with Crippen LogP contribution in [0.25, 0.3) is 0 Å². The maximum absolute atomic E-state index is 11.4. The number of nitrogens with one attached hydrogen (secondary N) is 1. The van der Waals surface area contributed by atoms with Gasteiger partial charge in [-0.25, -0.2) is 15.0 Å². The largest absolute Gasteiger partial charge is 0.465 e. The fraction of sp³-hybridized carbons (Fsp3) is 0.357. The van der Waals surface area contributed by atoms with Gasteiger partial charge in [-0.2, -0.15) is 5.10 Å². The summed E-state index contributed by atoms with van der Waals surface area (Å²) in [7, 11) is 3.25. The van der Waals surface area contributed by atoms with E-state index >= 15 is 0 Å². The molecule has 5 N–H and O–H groups in total. The Bertz CT molecular complexity index is 548. The molecule has 0 saturated carbocycles. The molecule has 0 spiro atoms. The number of carbonyl (C=O) groups excluding carboxylic acids is 2. The summed E-state index contributed by atoms with van der Waals surface area (Å²) in [5.74, 6) is -0.371. The third-order valence-corrected chi connectivity index (χ3v) is 3.02. The summed E-state index contributed by atoms with van der Waals surface area (Å²) in [5.41, 5.74) is 14.7. The zero-order valence-electron chi connectivity index (χ0n) is 13.1. The smallest absolute Gasteiger partial charge is 0.337 e. The second-order valence-electron chi connectivity index (χ2n) is 4.57. The van der Waals surface area contributed by atoms with Crippen molar-refractivity contribution in [1.29, 1.82) is 0 Å². The van der Waals surface area contributed by atoms with E-state index in [4.69, 9.17) is 11.5 Å². The second-order valence-corrected chi connectivity index (χ2v) is 4.57. The number of ether oxygens (including phenoxy) is 1. The number of primary amides is 1. The van der Waals surface area contributed by atoms with Crippen molar-refractivity contribution in [2.75, 3.05) is 32.1 Å². The van der Waals surface area contributed by atoms with Gasteiger partial charge in [-0.1, -0.05) is 0 Å². The molecule has 0 aliphatic rings. The maximum Gasteiger partial charge on any atom is 0.337 e. The van der Waals surface area contributed by atoms with Crippen molar-refractivity contribution in [2.45, 2.75) is 6.42 Å². The van der Waals surface area contributed by atoms with E-state index in [9.17, 15) is 9.59 Å². The van der Waals surface area contributed by atoms with Gasteiger partial charge in [0.05, 0.1) is 18.4 Å². The Morgan fingerprint density at radius 1 is 1.30 bits per heavy atom. The van der Waals surface area contributed by atoms with E-state index in [1.54, 1.807) is 12.1 Å². The van der Waals surface area contributed by atoms with Crippen LogP contribution >= 0.6 is 12.4 Å². The van der Waals surface area contributed by atoms with Crippen LogP contribution in [-0.4, -0.2) is 45.0 Å². The lowest BCUT2D eigenvalue weighted by Crippen LogP contribution is -2.29. The summed E-state index contributed by atoms with van der Waals surface area (Å²) in [6, 6.07) is 6.33. The first-order valence-electron chi connectivity index (χ1n) is 6.68. The Morgan fingerprint density at radius 2 is 1.91 bits per heavy atom.